The van der Waals surface area contributed by atoms with Gasteiger partial charge >= 0.3 is 0 Å². The fourth-order valence-corrected chi connectivity index (χ4v) is 2.23. The Hall–Kier alpha value is -1.52. The van der Waals surface area contributed by atoms with Crippen LogP contribution in [0.4, 0.5) is 4.39 Å². The van der Waals surface area contributed by atoms with Crippen LogP contribution in [0.15, 0.2) is 47.4 Å². The van der Waals surface area contributed by atoms with E-state index in [0.717, 1.165) is 0 Å². The fourth-order valence-electron chi connectivity index (χ4n) is 1.82. The first-order valence-corrected chi connectivity index (χ1v) is 6.84. The van der Waals surface area contributed by atoms with Crippen molar-refractivity contribution in [2.24, 2.45) is 0 Å². The van der Waals surface area contributed by atoms with E-state index >= 15 is 0 Å². The molecule has 1 atom stereocenters. The van der Waals surface area contributed by atoms with E-state index in [1.807, 2.05) is 0 Å². The lowest BCUT2D eigenvalue weighted by Crippen LogP contribution is -2.27. The van der Waals surface area contributed by atoms with E-state index in [0.29, 0.717) is 21.0 Å². The van der Waals surface area contributed by atoms with Crippen LogP contribution >= 0.6 is 24.2 Å². The van der Waals surface area contributed by atoms with Crippen LogP contribution < -0.4 is 5.32 Å². The molecule has 0 saturated heterocycles. The van der Waals surface area contributed by atoms with Crippen LogP contribution in [0.2, 0.25) is 5.02 Å². The van der Waals surface area contributed by atoms with Gasteiger partial charge in [0, 0.05) is 4.90 Å². The minimum absolute atomic E-state index is 0.317. The summed E-state index contributed by atoms with van der Waals surface area (Å²) < 4.78 is 13.2. The third kappa shape index (κ3) is 3.52. The van der Waals surface area contributed by atoms with Gasteiger partial charge in [0.1, 0.15) is 5.82 Å². The highest BCUT2D eigenvalue weighted by atomic mass is 35.5. The summed E-state index contributed by atoms with van der Waals surface area (Å²) in [5, 5.41) is 3.14. The Labute approximate surface area is 127 Å². The van der Waals surface area contributed by atoms with Crippen molar-refractivity contribution in [1.29, 1.82) is 0 Å². The third-order valence-electron chi connectivity index (χ3n) is 2.89. The Morgan fingerprint density at radius 2 is 2.05 bits per heavy atom. The maximum absolute atomic E-state index is 13.2. The molecule has 2 nitrogen and oxygen atoms in total. The Bertz CT molecular complexity index is 648. The zero-order chi connectivity index (χ0) is 14.7. The van der Waals surface area contributed by atoms with Crippen LogP contribution in [0.1, 0.15) is 28.9 Å². The average molecular weight is 310 g/mol. The van der Waals surface area contributed by atoms with Crippen LogP contribution in [-0.2, 0) is 0 Å². The summed E-state index contributed by atoms with van der Waals surface area (Å²) in [5.41, 5.74) is 1.04. The first-order chi connectivity index (χ1) is 9.47. The second-order valence-electron chi connectivity index (χ2n) is 4.41. The second kappa shape index (κ2) is 6.29. The lowest BCUT2D eigenvalue weighted by molar-refractivity contribution is 0.0939. The number of hydrogen-bond acceptors (Lipinski definition) is 2. The van der Waals surface area contributed by atoms with E-state index in [4.69, 9.17) is 11.6 Å². The van der Waals surface area contributed by atoms with Gasteiger partial charge in [0.05, 0.1) is 16.6 Å². The van der Waals surface area contributed by atoms with Gasteiger partial charge in [0.15, 0.2) is 0 Å². The molecule has 2 rings (SSSR count). The molecule has 0 spiro atoms. The van der Waals surface area contributed by atoms with Crippen molar-refractivity contribution in [3.63, 3.8) is 0 Å². The molecule has 0 aliphatic rings. The van der Waals surface area contributed by atoms with E-state index < -0.39 is 0 Å². The molecule has 1 unspecified atom stereocenters. The molecular formula is C15H13ClFNOS. The van der Waals surface area contributed by atoms with Gasteiger partial charge < -0.3 is 5.32 Å². The third-order valence-corrected chi connectivity index (χ3v) is 3.50. The zero-order valence-electron chi connectivity index (χ0n) is 10.7. The molecule has 0 saturated carbocycles. The number of halogens is 2. The summed E-state index contributed by atoms with van der Waals surface area (Å²) in [6.45, 7) is 1.78. The van der Waals surface area contributed by atoms with Gasteiger partial charge in [-0.05, 0) is 42.8 Å². The van der Waals surface area contributed by atoms with Crippen molar-refractivity contribution >= 4 is 30.1 Å². The standard InChI is InChI=1S/C15H13ClFNOS/c1-9(10-3-2-4-11(17)7-10)18-15(19)13-8-12(20)5-6-14(13)16/h2-9,20H,1H3,(H,18,19). The molecule has 20 heavy (non-hydrogen) atoms. The van der Waals surface area contributed by atoms with Crippen molar-refractivity contribution in [3.05, 3.63) is 64.4 Å². The topological polar surface area (TPSA) is 29.1 Å². The zero-order valence-corrected chi connectivity index (χ0v) is 12.4. The largest absolute Gasteiger partial charge is 0.345 e. The molecule has 2 aromatic carbocycles. The molecule has 5 heteroatoms. The molecule has 1 amide bonds. The Balaban J connectivity index is 2.17. The van der Waals surface area contributed by atoms with Gasteiger partial charge in [-0.3, -0.25) is 4.79 Å². The van der Waals surface area contributed by atoms with Gasteiger partial charge in [-0.25, -0.2) is 4.39 Å². The van der Waals surface area contributed by atoms with E-state index in [1.54, 1.807) is 37.3 Å². The van der Waals surface area contributed by atoms with Crippen molar-refractivity contribution in [2.45, 2.75) is 17.9 Å². The maximum Gasteiger partial charge on any atom is 0.253 e. The summed E-state index contributed by atoms with van der Waals surface area (Å²) in [4.78, 5) is 12.8. The maximum atomic E-state index is 13.2. The van der Waals surface area contributed by atoms with Gasteiger partial charge in [0.2, 0.25) is 0 Å². The number of rotatable bonds is 3. The number of benzene rings is 2. The Morgan fingerprint density at radius 3 is 2.75 bits per heavy atom. The Kier molecular flexibility index (Phi) is 4.68. The molecule has 1 N–H and O–H groups in total. The second-order valence-corrected chi connectivity index (χ2v) is 5.34. The van der Waals surface area contributed by atoms with Crippen LogP contribution in [0.5, 0.6) is 0 Å². The molecule has 0 heterocycles. The van der Waals surface area contributed by atoms with Gasteiger partial charge in [-0.1, -0.05) is 23.7 Å². The highest BCUT2D eigenvalue weighted by Gasteiger charge is 2.14. The van der Waals surface area contributed by atoms with Gasteiger partial charge in [-0.2, -0.15) is 0 Å². The highest BCUT2D eigenvalue weighted by Crippen LogP contribution is 2.21. The first-order valence-electron chi connectivity index (χ1n) is 6.02. The van der Waals surface area contributed by atoms with E-state index in [2.05, 4.69) is 17.9 Å². The Morgan fingerprint density at radius 1 is 1.30 bits per heavy atom. The van der Waals surface area contributed by atoms with E-state index in [-0.39, 0.29) is 17.8 Å². The average Bonchev–Trinajstić information content (AvgIpc) is 2.41. The van der Waals surface area contributed by atoms with Gasteiger partial charge in [0.25, 0.3) is 5.91 Å². The van der Waals surface area contributed by atoms with Crippen molar-refractivity contribution in [3.8, 4) is 0 Å². The highest BCUT2D eigenvalue weighted by molar-refractivity contribution is 7.80. The van der Waals surface area contributed by atoms with Crippen LogP contribution in [0.25, 0.3) is 0 Å². The van der Waals surface area contributed by atoms with Crippen LogP contribution in [-0.4, -0.2) is 5.91 Å². The predicted molar refractivity (Wildman–Crippen MR) is 81.0 cm³/mol. The normalized spacial score (nSPS) is 12.0. The minimum atomic E-state index is -0.334. The van der Waals surface area contributed by atoms with Crippen LogP contribution in [0.3, 0.4) is 0 Å². The molecule has 0 bridgehead atoms. The van der Waals surface area contributed by atoms with Crippen molar-refractivity contribution in [2.75, 3.05) is 0 Å². The summed E-state index contributed by atoms with van der Waals surface area (Å²) in [6, 6.07) is 10.7. The number of thiol groups is 1. The molecular weight excluding hydrogens is 297 g/mol. The number of carbonyl (C=O) groups excluding carboxylic acids is 1. The SMILES string of the molecule is CC(NC(=O)c1cc(S)ccc1Cl)c1cccc(F)c1. The summed E-state index contributed by atoms with van der Waals surface area (Å²) in [6.07, 6.45) is 0. The van der Waals surface area contributed by atoms with Crippen molar-refractivity contribution < 1.29 is 9.18 Å². The molecule has 0 radical (unpaired) electrons. The number of hydrogen-bond donors (Lipinski definition) is 2. The minimum Gasteiger partial charge on any atom is -0.345 e. The smallest absolute Gasteiger partial charge is 0.253 e. The summed E-state index contributed by atoms with van der Waals surface area (Å²) in [5.74, 6) is -0.651. The van der Waals surface area contributed by atoms with Gasteiger partial charge in [-0.15, -0.1) is 12.6 Å². The number of carbonyl (C=O) groups is 1. The summed E-state index contributed by atoms with van der Waals surface area (Å²) in [7, 11) is 0. The monoisotopic (exact) mass is 309 g/mol. The molecule has 2 aromatic rings. The number of nitrogens with one attached hydrogen (secondary N) is 1. The van der Waals surface area contributed by atoms with Crippen LogP contribution in [0, 0.1) is 5.82 Å². The molecule has 0 aliphatic heterocycles. The molecule has 0 fully saturated rings. The summed E-state index contributed by atoms with van der Waals surface area (Å²) >= 11 is 10.2. The van der Waals surface area contributed by atoms with E-state index in [1.165, 1.54) is 12.1 Å². The fraction of sp³-hybridized carbons (Fsp3) is 0.133. The molecule has 0 aliphatic carbocycles. The first kappa shape index (κ1) is 14.9. The number of amides is 1. The lowest BCUT2D eigenvalue weighted by Gasteiger charge is -2.15. The predicted octanol–water partition coefficient (Wildman–Crippen LogP) is 4.26. The molecule has 0 aromatic heterocycles. The van der Waals surface area contributed by atoms with Crippen molar-refractivity contribution in [1.82, 2.24) is 5.32 Å². The van der Waals surface area contributed by atoms with E-state index in [9.17, 15) is 9.18 Å². The lowest BCUT2D eigenvalue weighted by atomic mass is 10.1. The molecule has 104 valence electrons. The quantitative estimate of drug-likeness (QED) is 0.815.